The maximum atomic E-state index is 12.8. The van der Waals surface area contributed by atoms with E-state index in [1.165, 1.54) is 25.1 Å². The van der Waals surface area contributed by atoms with Crippen molar-refractivity contribution in [3.05, 3.63) is 72.3 Å². The van der Waals surface area contributed by atoms with Gasteiger partial charge in [0.1, 0.15) is 13.2 Å². The molecule has 3 aromatic carbocycles. The van der Waals surface area contributed by atoms with Gasteiger partial charge in [-0.25, -0.2) is 8.42 Å². The Bertz CT molecular complexity index is 1320. The Hall–Kier alpha value is -4.05. The summed E-state index contributed by atoms with van der Waals surface area (Å²) in [6.07, 6.45) is 0. The molecule has 0 aliphatic carbocycles. The molecule has 1 aliphatic rings. The van der Waals surface area contributed by atoms with E-state index in [9.17, 15) is 18.0 Å². The van der Waals surface area contributed by atoms with Crippen LogP contribution in [0.3, 0.4) is 0 Å². The third kappa shape index (κ3) is 5.42. The number of hydrogen-bond acceptors (Lipinski definition) is 6. The summed E-state index contributed by atoms with van der Waals surface area (Å²) in [4.78, 5) is 23.9. The van der Waals surface area contributed by atoms with Crippen molar-refractivity contribution < 1.29 is 27.5 Å². The summed E-state index contributed by atoms with van der Waals surface area (Å²) in [5, 5.41) is 5.37. The predicted molar refractivity (Wildman–Crippen MR) is 123 cm³/mol. The number of carbonyl (C=O) groups excluding carboxylic acids is 2. The molecule has 2 amide bonds. The summed E-state index contributed by atoms with van der Waals surface area (Å²) >= 11 is 0. The zero-order valence-corrected chi connectivity index (χ0v) is 18.4. The molecule has 1 heterocycles. The minimum absolute atomic E-state index is 0.0105. The standard InChI is InChI=1S/C23H21N3O6S/c1-15(27)24-17-5-3-6-18(13-17)25-23(28)16-4-2-7-19(12-16)26-33(29,30)20-8-9-21-22(14-20)32-11-10-31-21/h2-9,12-14,26H,10-11H2,1H3,(H,24,27)(H,25,28). The number of nitrogens with one attached hydrogen (secondary N) is 3. The molecule has 0 fully saturated rings. The molecule has 170 valence electrons. The van der Waals surface area contributed by atoms with Gasteiger partial charge in [-0.05, 0) is 48.5 Å². The van der Waals surface area contributed by atoms with Crippen LogP contribution in [-0.2, 0) is 14.8 Å². The fourth-order valence-electron chi connectivity index (χ4n) is 3.21. The van der Waals surface area contributed by atoms with Crippen LogP contribution in [0.1, 0.15) is 17.3 Å². The van der Waals surface area contributed by atoms with Crippen molar-refractivity contribution in [2.45, 2.75) is 11.8 Å². The SMILES string of the molecule is CC(=O)Nc1cccc(NC(=O)c2cccc(NS(=O)(=O)c3ccc4c(c3)OCCO4)c2)c1. The second-order valence-electron chi connectivity index (χ2n) is 7.21. The van der Waals surface area contributed by atoms with Gasteiger partial charge in [0.2, 0.25) is 5.91 Å². The summed E-state index contributed by atoms with van der Waals surface area (Å²) in [6, 6.07) is 17.2. The first-order valence-corrected chi connectivity index (χ1v) is 11.5. The summed E-state index contributed by atoms with van der Waals surface area (Å²) in [6.45, 7) is 2.14. The summed E-state index contributed by atoms with van der Waals surface area (Å²) in [7, 11) is -3.92. The van der Waals surface area contributed by atoms with Crippen molar-refractivity contribution in [2.75, 3.05) is 28.6 Å². The molecule has 0 aromatic heterocycles. The molecule has 9 nitrogen and oxygen atoms in total. The third-order valence-electron chi connectivity index (χ3n) is 4.64. The van der Waals surface area contributed by atoms with Gasteiger partial charge in [0.05, 0.1) is 4.90 Å². The predicted octanol–water partition coefficient (Wildman–Crippen LogP) is 3.47. The average Bonchev–Trinajstić information content (AvgIpc) is 2.78. The van der Waals surface area contributed by atoms with E-state index in [0.29, 0.717) is 36.1 Å². The van der Waals surface area contributed by atoms with Crippen molar-refractivity contribution >= 4 is 38.9 Å². The van der Waals surface area contributed by atoms with E-state index < -0.39 is 15.9 Å². The van der Waals surface area contributed by atoms with Gasteiger partial charge >= 0.3 is 0 Å². The summed E-state index contributed by atoms with van der Waals surface area (Å²) in [5.74, 6) is 0.187. The molecule has 0 unspecified atom stereocenters. The fourth-order valence-corrected chi connectivity index (χ4v) is 4.27. The minimum Gasteiger partial charge on any atom is -0.486 e. The van der Waals surface area contributed by atoms with Crippen LogP contribution in [0.4, 0.5) is 17.1 Å². The van der Waals surface area contributed by atoms with Crippen molar-refractivity contribution in [3.63, 3.8) is 0 Å². The Kier molecular flexibility index (Phi) is 6.18. The summed E-state index contributed by atoms with van der Waals surface area (Å²) < 4.78 is 39.0. The number of fused-ring (bicyclic) bond motifs is 1. The van der Waals surface area contributed by atoms with Crippen LogP contribution in [0.5, 0.6) is 11.5 Å². The molecule has 0 spiro atoms. The third-order valence-corrected chi connectivity index (χ3v) is 6.02. The Labute approximate surface area is 190 Å². The molecule has 0 saturated heterocycles. The van der Waals surface area contributed by atoms with Gasteiger partial charge in [-0.2, -0.15) is 0 Å². The van der Waals surface area contributed by atoms with E-state index >= 15 is 0 Å². The number of anilines is 3. The maximum Gasteiger partial charge on any atom is 0.262 e. The second-order valence-corrected chi connectivity index (χ2v) is 8.89. The van der Waals surface area contributed by atoms with Gasteiger partial charge in [0.15, 0.2) is 11.5 Å². The van der Waals surface area contributed by atoms with E-state index in [4.69, 9.17) is 9.47 Å². The van der Waals surface area contributed by atoms with Crippen LogP contribution in [-0.4, -0.2) is 33.4 Å². The Morgan fingerprint density at radius 1 is 0.788 bits per heavy atom. The Morgan fingerprint density at radius 2 is 1.45 bits per heavy atom. The first kappa shape index (κ1) is 22.2. The van der Waals surface area contributed by atoms with Gasteiger partial charge in [0, 0.05) is 35.6 Å². The number of hydrogen-bond donors (Lipinski definition) is 3. The van der Waals surface area contributed by atoms with Crippen LogP contribution in [0.15, 0.2) is 71.6 Å². The van der Waals surface area contributed by atoms with Gasteiger partial charge < -0.3 is 20.1 Å². The smallest absolute Gasteiger partial charge is 0.262 e. The lowest BCUT2D eigenvalue weighted by molar-refractivity contribution is -0.114. The van der Waals surface area contributed by atoms with E-state index in [2.05, 4.69) is 15.4 Å². The highest BCUT2D eigenvalue weighted by molar-refractivity contribution is 7.92. The topological polar surface area (TPSA) is 123 Å². The zero-order chi connectivity index (χ0) is 23.4. The molecule has 0 atom stereocenters. The highest BCUT2D eigenvalue weighted by atomic mass is 32.2. The number of rotatable bonds is 6. The quantitative estimate of drug-likeness (QED) is 0.510. The molecule has 3 aromatic rings. The second kappa shape index (κ2) is 9.21. The maximum absolute atomic E-state index is 12.8. The average molecular weight is 468 g/mol. The minimum atomic E-state index is -3.92. The molecule has 0 saturated carbocycles. The van der Waals surface area contributed by atoms with Crippen LogP contribution < -0.4 is 24.8 Å². The van der Waals surface area contributed by atoms with E-state index in [0.717, 1.165) is 0 Å². The number of sulfonamides is 1. The molecular formula is C23H21N3O6S. The molecule has 33 heavy (non-hydrogen) atoms. The van der Waals surface area contributed by atoms with Gasteiger partial charge in [-0.3, -0.25) is 14.3 Å². The fraction of sp³-hybridized carbons (Fsp3) is 0.130. The van der Waals surface area contributed by atoms with Gasteiger partial charge in [0.25, 0.3) is 15.9 Å². The normalized spacial score (nSPS) is 12.5. The van der Waals surface area contributed by atoms with Crippen LogP contribution in [0, 0.1) is 0 Å². The van der Waals surface area contributed by atoms with E-state index in [1.54, 1.807) is 48.5 Å². The number of carbonyl (C=O) groups is 2. The first-order valence-electron chi connectivity index (χ1n) is 10.0. The Morgan fingerprint density at radius 3 is 2.21 bits per heavy atom. The monoisotopic (exact) mass is 467 g/mol. The molecule has 10 heteroatoms. The molecular weight excluding hydrogens is 446 g/mol. The van der Waals surface area contributed by atoms with Crippen molar-refractivity contribution in [1.29, 1.82) is 0 Å². The highest BCUT2D eigenvalue weighted by Crippen LogP contribution is 2.32. The summed E-state index contributed by atoms with van der Waals surface area (Å²) in [5.41, 5.74) is 1.50. The van der Waals surface area contributed by atoms with Crippen molar-refractivity contribution in [2.24, 2.45) is 0 Å². The zero-order valence-electron chi connectivity index (χ0n) is 17.6. The number of amides is 2. The first-order chi connectivity index (χ1) is 15.8. The lowest BCUT2D eigenvalue weighted by Gasteiger charge is -2.19. The van der Waals surface area contributed by atoms with Crippen LogP contribution in [0.25, 0.3) is 0 Å². The molecule has 4 rings (SSSR count). The Balaban J connectivity index is 1.49. The molecule has 0 radical (unpaired) electrons. The lowest BCUT2D eigenvalue weighted by Crippen LogP contribution is -2.18. The van der Waals surface area contributed by atoms with Gasteiger partial charge in [-0.15, -0.1) is 0 Å². The van der Waals surface area contributed by atoms with E-state index in [-0.39, 0.29) is 22.1 Å². The molecule has 3 N–H and O–H groups in total. The molecule has 0 bridgehead atoms. The van der Waals surface area contributed by atoms with Gasteiger partial charge in [-0.1, -0.05) is 12.1 Å². The highest BCUT2D eigenvalue weighted by Gasteiger charge is 2.20. The van der Waals surface area contributed by atoms with Crippen LogP contribution >= 0.6 is 0 Å². The molecule has 1 aliphatic heterocycles. The van der Waals surface area contributed by atoms with Crippen LogP contribution in [0.2, 0.25) is 0 Å². The number of ether oxygens (including phenoxy) is 2. The largest absolute Gasteiger partial charge is 0.486 e. The lowest BCUT2D eigenvalue weighted by atomic mass is 10.2. The van der Waals surface area contributed by atoms with E-state index in [1.807, 2.05) is 0 Å². The van der Waals surface area contributed by atoms with Crippen molar-refractivity contribution in [1.82, 2.24) is 0 Å². The van der Waals surface area contributed by atoms with Crippen molar-refractivity contribution in [3.8, 4) is 11.5 Å². The number of benzene rings is 3.